The van der Waals surface area contributed by atoms with Crippen LogP contribution < -0.4 is 4.90 Å². The number of hydrogen-bond donors (Lipinski definition) is 0. The number of rotatable bonds is 5. The molecule has 0 radical (unpaired) electrons. The number of hydrogen-bond acceptors (Lipinski definition) is 6. The van der Waals surface area contributed by atoms with E-state index in [2.05, 4.69) is 28.6 Å². The Morgan fingerprint density at radius 1 is 1.33 bits per heavy atom. The third kappa shape index (κ3) is 3.39. The first kappa shape index (κ1) is 15.2. The highest BCUT2D eigenvalue weighted by Crippen LogP contribution is 2.32. The molecule has 0 aliphatic carbocycles. The third-order valence-corrected chi connectivity index (χ3v) is 5.31. The summed E-state index contributed by atoms with van der Waals surface area (Å²) in [7, 11) is 0. The van der Waals surface area contributed by atoms with Gasteiger partial charge in [-0.05, 0) is 26.8 Å². The minimum Gasteiger partial charge on any atom is -0.349 e. The van der Waals surface area contributed by atoms with E-state index in [1.807, 2.05) is 6.20 Å². The Labute approximate surface area is 130 Å². The number of thiazole rings is 1. The molecular weight excluding hydrogens is 286 g/mol. The van der Waals surface area contributed by atoms with Gasteiger partial charge in [0, 0.05) is 37.1 Å². The van der Waals surface area contributed by atoms with Crippen molar-refractivity contribution >= 4 is 16.5 Å². The summed E-state index contributed by atoms with van der Waals surface area (Å²) in [6.07, 6.45) is 4.19. The van der Waals surface area contributed by atoms with Crippen LogP contribution in [0.2, 0.25) is 0 Å². The number of ether oxygens (including phenoxy) is 2. The molecule has 118 valence electrons. The zero-order chi connectivity index (χ0) is 14.7. The summed E-state index contributed by atoms with van der Waals surface area (Å²) in [6, 6.07) is 0. The van der Waals surface area contributed by atoms with Crippen molar-refractivity contribution in [1.82, 2.24) is 9.88 Å². The molecule has 2 aliphatic heterocycles. The van der Waals surface area contributed by atoms with E-state index >= 15 is 0 Å². The summed E-state index contributed by atoms with van der Waals surface area (Å²) >= 11 is 1.81. The van der Waals surface area contributed by atoms with Gasteiger partial charge < -0.3 is 14.4 Å². The highest BCUT2D eigenvalue weighted by Gasteiger charge is 2.40. The Balaban J connectivity index is 1.61. The van der Waals surface area contributed by atoms with Gasteiger partial charge in [0.05, 0.1) is 19.8 Å². The fraction of sp³-hybridized carbons (Fsp3) is 0.800. The van der Waals surface area contributed by atoms with Gasteiger partial charge in [0.2, 0.25) is 0 Å². The van der Waals surface area contributed by atoms with E-state index in [-0.39, 0.29) is 5.79 Å². The van der Waals surface area contributed by atoms with Crippen LogP contribution >= 0.6 is 11.3 Å². The summed E-state index contributed by atoms with van der Waals surface area (Å²) in [4.78, 5) is 10.6. The van der Waals surface area contributed by atoms with Crippen molar-refractivity contribution in [3.8, 4) is 0 Å². The molecule has 0 unspecified atom stereocenters. The van der Waals surface area contributed by atoms with Crippen LogP contribution in [0.1, 0.15) is 31.6 Å². The lowest BCUT2D eigenvalue weighted by Gasteiger charge is -2.38. The van der Waals surface area contributed by atoms with Gasteiger partial charge in [-0.2, -0.15) is 0 Å². The van der Waals surface area contributed by atoms with Gasteiger partial charge in [-0.25, -0.2) is 4.98 Å². The van der Waals surface area contributed by atoms with Crippen LogP contribution in [0.3, 0.4) is 0 Å². The lowest BCUT2D eigenvalue weighted by atomic mass is 10.0. The van der Waals surface area contributed by atoms with Crippen LogP contribution in [0.15, 0.2) is 6.20 Å². The van der Waals surface area contributed by atoms with Gasteiger partial charge in [0.1, 0.15) is 0 Å². The van der Waals surface area contributed by atoms with Crippen molar-refractivity contribution in [2.45, 2.75) is 39.0 Å². The largest absolute Gasteiger partial charge is 0.349 e. The van der Waals surface area contributed by atoms with Gasteiger partial charge >= 0.3 is 0 Å². The van der Waals surface area contributed by atoms with Gasteiger partial charge in [-0.1, -0.05) is 0 Å². The smallest absolute Gasteiger partial charge is 0.185 e. The van der Waals surface area contributed by atoms with E-state index in [4.69, 9.17) is 9.47 Å². The molecule has 1 aromatic rings. The molecule has 21 heavy (non-hydrogen) atoms. The Hall–Kier alpha value is -0.690. The van der Waals surface area contributed by atoms with Gasteiger partial charge in [0.25, 0.3) is 0 Å². The summed E-state index contributed by atoms with van der Waals surface area (Å²) in [5.74, 6) is -0.329. The molecule has 2 aliphatic rings. The summed E-state index contributed by atoms with van der Waals surface area (Å²) < 4.78 is 11.7. The van der Waals surface area contributed by atoms with Crippen LogP contribution in [0.5, 0.6) is 0 Å². The summed E-state index contributed by atoms with van der Waals surface area (Å²) in [5, 5.41) is 1.13. The van der Waals surface area contributed by atoms with E-state index in [0.717, 1.165) is 63.9 Å². The predicted octanol–water partition coefficient (Wildman–Crippen LogP) is 2.33. The third-order valence-electron chi connectivity index (χ3n) is 4.26. The van der Waals surface area contributed by atoms with Crippen LogP contribution in [0.4, 0.5) is 5.13 Å². The maximum Gasteiger partial charge on any atom is 0.185 e. The van der Waals surface area contributed by atoms with Crippen LogP contribution in [-0.2, 0) is 16.0 Å². The molecule has 1 aromatic heterocycles. The average molecular weight is 311 g/mol. The molecule has 0 N–H and O–H groups in total. The first-order chi connectivity index (χ1) is 10.2. The molecule has 0 aromatic carbocycles. The first-order valence-electron chi connectivity index (χ1n) is 7.94. The van der Waals surface area contributed by atoms with Crippen molar-refractivity contribution in [3.63, 3.8) is 0 Å². The fourth-order valence-corrected chi connectivity index (χ4v) is 4.25. The van der Waals surface area contributed by atoms with Gasteiger partial charge in [-0.3, -0.25) is 4.90 Å². The molecule has 3 rings (SSSR count). The van der Waals surface area contributed by atoms with E-state index < -0.39 is 0 Å². The standard InChI is InChI=1S/C15H25N3O2S/c1-3-18(4-2)14-16-10-13(21-14)11-17-7-5-6-15(12-17)19-8-9-20-15/h10H,3-9,11-12H2,1-2H3. The number of aromatic nitrogens is 1. The topological polar surface area (TPSA) is 37.8 Å². The Bertz CT molecular complexity index is 456. The highest BCUT2D eigenvalue weighted by atomic mass is 32.1. The number of nitrogens with zero attached hydrogens (tertiary/aromatic N) is 3. The lowest BCUT2D eigenvalue weighted by Crippen LogP contribution is -2.48. The molecule has 2 fully saturated rings. The van der Waals surface area contributed by atoms with Crippen molar-refractivity contribution < 1.29 is 9.47 Å². The predicted molar refractivity (Wildman–Crippen MR) is 84.8 cm³/mol. The Kier molecular flexibility index (Phi) is 4.78. The Morgan fingerprint density at radius 2 is 2.10 bits per heavy atom. The van der Waals surface area contributed by atoms with Crippen molar-refractivity contribution in [2.24, 2.45) is 0 Å². The molecule has 2 saturated heterocycles. The number of anilines is 1. The summed E-state index contributed by atoms with van der Waals surface area (Å²) in [6.45, 7) is 10.8. The maximum absolute atomic E-state index is 5.84. The normalized spacial score (nSPS) is 22.0. The van der Waals surface area contributed by atoms with Crippen LogP contribution in [-0.4, -0.2) is 55.1 Å². The SMILES string of the molecule is CCN(CC)c1ncc(CN2CCCC3(C2)OCCO3)s1. The molecule has 6 heteroatoms. The minimum atomic E-state index is -0.329. The van der Waals surface area contributed by atoms with Crippen LogP contribution in [0.25, 0.3) is 0 Å². The minimum absolute atomic E-state index is 0.329. The molecule has 1 spiro atoms. The average Bonchev–Trinajstić information content (AvgIpc) is 3.11. The number of piperidine rings is 1. The zero-order valence-electron chi connectivity index (χ0n) is 13.0. The second-order valence-electron chi connectivity index (χ2n) is 5.70. The van der Waals surface area contributed by atoms with Crippen molar-refractivity contribution in [2.75, 3.05) is 44.3 Å². The molecule has 0 atom stereocenters. The Morgan fingerprint density at radius 3 is 2.81 bits per heavy atom. The van der Waals surface area contributed by atoms with E-state index in [9.17, 15) is 0 Å². The quantitative estimate of drug-likeness (QED) is 0.834. The van der Waals surface area contributed by atoms with E-state index in [1.165, 1.54) is 4.88 Å². The maximum atomic E-state index is 5.84. The monoisotopic (exact) mass is 311 g/mol. The van der Waals surface area contributed by atoms with Crippen molar-refractivity contribution in [3.05, 3.63) is 11.1 Å². The second kappa shape index (κ2) is 6.60. The fourth-order valence-electron chi connectivity index (χ4n) is 3.17. The molecule has 0 amide bonds. The highest BCUT2D eigenvalue weighted by molar-refractivity contribution is 7.15. The van der Waals surface area contributed by atoms with Crippen LogP contribution in [0, 0.1) is 0 Å². The molecule has 5 nitrogen and oxygen atoms in total. The molecule has 0 saturated carbocycles. The zero-order valence-corrected chi connectivity index (χ0v) is 13.8. The first-order valence-corrected chi connectivity index (χ1v) is 8.76. The summed E-state index contributed by atoms with van der Waals surface area (Å²) in [5.41, 5.74) is 0. The second-order valence-corrected chi connectivity index (χ2v) is 6.80. The van der Waals surface area contributed by atoms with E-state index in [1.54, 1.807) is 11.3 Å². The van der Waals surface area contributed by atoms with Crippen molar-refractivity contribution in [1.29, 1.82) is 0 Å². The van der Waals surface area contributed by atoms with Gasteiger partial charge in [-0.15, -0.1) is 11.3 Å². The van der Waals surface area contributed by atoms with E-state index in [0.29, 0.717) is 0 Å². The lowest BCUT2D eigenvalue weighted by molar-refractivity contribution is -0.190. The molecular formula is C15H25N3O2S. The molecule has 0 bridgehead atoms. The number of likely N-dealkylation sites (tertiary alicyclic amines) is 1. The molecule has 3 heterocycles. The van der Waals surface area contributed by atoms with Gasteiger partial charge in [0.15, 0.2) is 10.9 Å².